The van der Waals surface area contributed by atoms with E-state index in [1.807, 2.05) is 6.07 Å². The van der Waals surface area contributed by atoms with Gasteiger partial charge in [-0.15, -0.1) is 12.6 Å². The molecule has 0 aromatic heterocycles. The lowest BCUT2D eigenvalue weighted by Crippen LogP contribution is -1.90. The van der Waals surface area contributed by atoms with Gasteiger partial charge in [-0.3, -0.25) is 0 Å². The van der Waals surface area contributed by atoms with E-state index in [-0.39, 0.29) is 11.3 Å². The third-order valence-corrected chi connectivity index (χ3v) is 1.69. The van der Waals surface area contributed by atoms with Crippen LogP contribution < -0.4 is 4.74 Å². The molecule has 0 amide bonds. The van der Waals surface area contributed by atoms with Gasteiger partial charge in [0, 0.05) is 0 Å². The summed E-state index contributed by atoms with van der Waals surface area (Å²) in [5.74, 6) is -0.501. The molecule has 0 saturated carbocycles. The average Bonchev–Trinajstić information content (AvgIpc) is 2.03. The molecule has 12 heavy (non-hydrogen) atoms. The van der Waals surface area contributed by atoms with Crippen LogP contribution in [0.25, 0.3) is 0 Å². The van der Waals surface area contributed by atoms with Gasteiger partial charge in [-0.2, -0.15) is 5.26 Å². The molecule has 0 heterocycles. The minimum atomic E-state index is -0.568. The van der Waals surface area contributed by atoms with E-state index in [2.05, 4.69) is 12.6 Å². The highest BCUT2D eigenvalue weighted by atomic mass is 32.1. The molecule has 62 valence electrons. The molecule has 0 unspecified atom stereocenters. The summed E-state index contributed by atoms with van der Waals surface area (Å²) in [6.07, 6.45) is 0. The second-order valence-electron chi connectivity index (χ2n) is 2.12. The molecule has 1 rings (SSSR count). The zero-order valence-electron chi connectivity index (χ0n) is 6.34. The van der Waals surface area contributed by atoms with Crippen molar-refractivity contribution in [1.29, 1.82) is 5.26 Å². The maximum Gasteiger partial charge on any atom is 0.167 e. The van der Waals surface area contributed by atoms with Gasteiger partial charge in [0.15, 0.2) is 11.6 Å². The Morgan fingerprint density at radius 3 is 2.67 bits per heavy atom. The molecule has 0 spiro atoms. The molecule has 0 aliphatic rings. The fourth-order valence-electron chi connectivity index (χ4n) is 0.846. The molecule has 0 radical (unpaired) electrons. The van der Waals surface area contributed by atoms with E-state index < -0.39 is 5.82 Å². The van der Waals surface area contributed by atoms with Crippen LogP contribution in [0.15, 0.2) is 17.0 Å². The fourth-order valence-corrected chi connectivity index (χ4v) is 1.18. The Balaban J connectivity index is 3.30. The van der Waals surface area contributed by atoms with Crippen LogP contribution in [0, 0.1) is 17.1 Å². The molecule has 0 bridgehead atoms. The van der Waals surface area contributed by atoms with Crippen molar-refractivity contribution in [3.63, 3.8) is 0 Å². The third-order valence-electron chi connectivity index (χ3n) is 1.36. The first kappa shape index (κ1) is 8.88. The van der Waals surface area contributed by atoms with Crippen LogP contribution in [0.3, 0.4) is 0 Å². The lowest BCUT2D eigenvalue weighted by Gasteiger charge is -2.04. The van der Waals surface area contributed by atoms with E-state index in [0.29, 0.717) is 4.90 Å². The Bertz CT molecular complexity index is 322. The summed E-state index contributed by atoms with van der Waals surface area (Å²) in [4.78, 5) is 0.328. The van der Waals surface area contributed by atoms with Crippen LogP contribution in [-0.4, -0.2) is 7.11 Å². The highest BCUT2D eigenvalue weighted by molar-refractivity contribution is 7.80. The van der Waals surface area contributed by atoms with Crippen molar-refractivity contribution in [2.45, 2.75) is 4.90 Å². The molecule has 0 atom stereocenters. The van der Waals surface area contributed by atoms with E-state index in [1.165, 1.54) is 13.2 Å². The zero-order chi connectivity index (χ0) is 9.14. The number of hydrogen-bond acceptors (Lipinski definition) is 3. The Morgan fingerprint density at radius 1 is 1.58 bits per heavy atom. The van der Waals surface area contributed by atoms with Crippen LogP contribution in [-0.2, 0) is 0 Å². The maximum absolute atomic E-state index is 13.0. The topological polar surface area (TPSA) is 33.0 Å². The Hall–Kier alpha value is -1.21. The first-order chi connectivity index (χ1) is 5.69. The van der Waals surface area contributed by atoms with E-state index in [9.17, 15) is 4.39 Å². The Morgan fingerprint density at radius 2 is 2.25 bits per heavy atom. The number of hydrogen-bond donors (Lipinski definition) is 1. The summed E-state index contributed by atoms with van der Waals surface area (Å²) in [6.45, 7) is 0. The van der Waals surface area contributed by atoms with Crippen molar-refractivity contribution in [2.75, 3.05) is 7.11 Å². The summed E-state index contributed by atoms with van der Waals surface area (Å²) in [7, 11) is 1.35. The second kappa shape index (κ2) is 3.46. The normalized spacial score (nSPS) is 9.17. The van der Waals surface area contributed by atoms with Crippen LogP contribution in [0.5, 0.6) is 5.75 Å². The van der Waals surface area contributed by atoms with Gasteiger partial charge in [-0.05, 0) is 12.1 Å². The lowest BCUT2D eigenvalue weighted by molar-refractivity contribution is 0.376. The summed E-state index contributed by atoms with van der Waals surface area (Å²) < 4.78 is 17.7. The predicted molar refractivity (Wildman–Crippen MR) is 44.9 cm³/mol. The molecular weight excluding hydrogens is 177 g/mol. The molecule has 1 aromatic rings. The SMILES string of the molecule is COc1c(F)cc(C#N)cc1S. The van der Waals surface area contributed by atoms with Gasteiger partial charge in [0.1, 0.15) is 0 Å². The van der Waals surface area contributed by atoms with Gasteiger partial charge in [-0.25, -0.2) is 4.39 Å². The van der Waals surface area contributed by atoms with Crippen molar-refractivity contribution in [3.8, 4) is 11.8 Å². The van der Waals surface area contributed by atoms with Gasteiger partial charge in [0.25, 0.3) is 0 Å². The van der Waals surface area contributed by atoms with Crippen LogP contribution >= 0.6 is 12.6 Å². The largest absolute Gasteiger partial charge is 0.493 e. The monoisotopic (exact) mass is 183 g/mol. The Kier molecular flexibility index (Phi) is 2.56. The quantitative estimate of drug-likeness (QED) is 0.675. The Labute approximate surface area is 75.0 Å². The molecule has 1 aromatic carbocycles. The third kappa shape index (κ3) is 1.51. The van der Waals surface area contributed by atoms with Crippen LogP contribution in [0.4, 0.5) is 4.39 Å². The number of ether oxygens (including phenoxy) is 1. The minimum Gasteiger partial charge on any atom is -0.493 e. The molecule has 2 nitrogen and oxygen atoms in total. The van der Waals surface area contributed by atoms with Gasteiger partial charge in [0.05, 0.1) is 23.6 Å². The number of benzene rings is 1. The molecular formula is C8H6FNOS. The highest BCUT2D eigenvalue weighted by Crippen LogP contribution is 2.26. The summed E-state index contributed by atoms with van der Waals surface area (Å²) in [5, 5.41) is 8.46. The maximum atomic E-state index is 13.0. The van der Waals surface area contributed by atoms with Gasteiger partial charge < -0.3 is 4.74 Å². The first-order valence-corrected chi connectivity index (χ1v) is 3.60. The average molecular weight is 183 g/mol. The minimum absolute atomic E-state index is 0.0670. The number of halogens is 1. The molecule has 0 fully saturated rings. The van der Waals surface area contributed by atoms with Gasteiger partial charge in [0.2, 0.25) is 0 Å². The molecule has 0 aliphatic heterocycles. The number of nitriles is 1. The zero-order valence-corrected chi connectivity index (χ0v) is 7.23. The standard InChI is InChI=1S/C8H6FNOS/c1-11-8-6(9)2-5(4-10)3-7(8)12/h2-3,12H,1H3. The van der Waals surface area contributed by atoms with E-state index in [1.54, 1.807) is 0 Å². The number of methoxy groups -OCH3 is 1. The van der Waals surface area contributed by atoms with Crippen LogP contribution in [0.1, 0.15) is 5.56 Å². The smallest absolute Gasteiger partial charge is 0.167 e. The molecule has 0 N–H and O–H groups in total. The second-order valence-corrected chi connectivity index (χ2v) is 2.60. The van der Waals surface area contributed by atoms with E-state index in [0.717, 1.165) is 6.07 Å². The highest BCUT2D eigenvalue weighted by Gasteiger charge is 2.07. The number of rotatable bonds is 1. The molecule has 4 heteroatoms. The number of thiol groups is 1. The summed E-state index contributed by atoms with van der Waals surface area (Å²) in [5.41, 5.74) is 0.235. The van der Waals surface area contributed by atoms with Crippen molar-refractivity contribution >= 4 is 12.6 Å². The van der Waals surface area contributed by atoms with E-state index in [4.69, 9.17) is 10.00 Å². The van der Waals surface area contributed by atoms with Gasteiger partial charge >= 0.3 is 0 Å². The molecule has 0 aliphatic carbocycles. The van der Waals surface area contributed by atoms with Crippen molar-refractivity contribution in [2.24, 2.45) is 0 Å². The summed E-state index contributed by atoms with van der Waals surface area (Å²) in [6, 6.07) is 4.37. The van der Waals surface area contributed by atoms with E-state index >= 15 is 0 Å². The van der Waals surface area contributed by atoms with Crippen molar-refractivity contribution in [3.05, 3.63) is 23.5 Å². The number of nitrogens with zero attached hydrogens (tertiary/aromatic N) is 1. The molecule has 0 saturated heterocycles. The van der Waals surface area contributed by atoms with Crippen molar-refractivity contribution < 1.29 is 9.13 Å². The van der Waals surface area contributed by atoms with Crippen LogP contribution in [0.2, 0.25) is 0 Å². The lowest BCUT2D eigenvalue weighted by atomic mass is 10.2. The fraction of sp³-hybridized carbons (Fsp3) is 0.125. The van der Waals surface area contributed by atoms with Crippen molar-refractivity contribution in [1.82, 2.24) is 0 Å². The van der Waals surface area contributed by atoms with Gasteiger partial charge in [-0.1, -0.05) is 0 Å². The predicted octanol–water partition coefficient (Wildman–Crippen LogP) is 1.99. The summed E-state index contributed by atoms with van der Waals surface area (Å²) >= 11 is 3.96. The first-order valence-electron chi connectivity index (χ1n) is 3.15.